The zero-order valence-corrected chi connectivity index (χ0v) is 15.6. The van der Waals surface area contributed by atoms with E-state index in [2.05, 4.69) is 5.32 Å². The van der Waals surface area contributed by atoms with Crippen molar-refractivity contribution in [1.82, 2.24) is 0 Å². The number of ether oxygens (including phenoxy) is 1. The molecule has 1 heterocycles. The Kier molecular flexibility index (Phi) is 4.57. The highest BCUT2D eigenvalue weighted by molar-refractivity contribution is 6.09. The Morgan fingerprint density at radius 3 is 2.68 bits per heavy atom. The first-order chi connectivity index (χ1) is 13.6. The number of nitrogens with one attached hydrogen (secondary N) is 1. The minimum Gasteiger partial charge on any atom is -0.465 e. The number of methoxy groups -OCH3 is 1. The number of benzene rings is 3. The van der Waals surface area contributed by atoms with Gasteiger partial charge in [-0.15, -0.1) is 0 Å². The number of hydrogen-bond acceptors (Lipinski definition) is 4. The Hall–Kier alpha value is -3.60. The molecule has 140 valence electrons. The maximum Gasteiger partial charge on any atom is 0.337 e. The lowest BCUT2D eigenvalue weighted by atomic mass is 10.0. The van der Waals surface area contributed by atoms with Gasteiger partial charge in [-0.05, 0) is 47.5 Å². The summed E-state index contributed by atoms with van der Waals surface area (Å²) in [6, 6.07) is 17.0. The molecule has 0 aliphatic carbocycles. The quantitative estimate of drug-likeness (QED) is 0.519. The number of amides is 1. The summed E-state index contributed by atoms with van der Waals surface area (Å²) in [5, 5.41) is 6.05. The van der Waals surface area contributed by atoms with Gasteiger partial charge in [-0.25, -0.2) is 4.79 Å². The SMILES string of the molecule is COC(=O)c1ccc(NC(=O)Cc2coc3ccc4ccccc4c23)c(C)c1. The maximum atomic E-state index is 12.6. The summed E-state index contributed by atoms with van der Waals surface area (Å²) >= 11 is 0. The predicted octanol–water partition coefficient (Wildman–Crippen LogP) is 4.86. The molecule has 0 bridgehead atoms. The summed E-state index contributed by atoms with van der Waals surface area (Å²) in [7, 11) is 1.34. The summed E-state index contributed by atoms with van der Waals surface area (Å²) < 4.78 is 10.4. The lowest BCUT2D eigenvalue weighted by Gasteiger charge is -2.10. The van der Waals surface area contributed by atoms with E-state index in [1.807, 2.05) is 43.3 Å². The first-order valence-electron chi connectivity index (χ1n) is 8.93. The molecule has 0 fully saturated rings. The fraction of sp³-hybridized carbons (Fsp3) is 0.130. The van der Waals surface area contributed by atoms with Gasteiger partial charge in [0.1, 0.15) is 5.58 Å². The van der Waals surface area contributed by atoms with Crippen molar-refractivity contribution in [2.75, 3.05) is 12.4 Å². The Morgan fingerprint density at radius 1 is 1.07 bits per heavy atom. The van der Waals surface area contributed by atoms with Crippen LogP contribution in [-0.4, -0.2) is 19.0 Å². The second kappa shape index (κ2) is 7.19. The third-order valence-corrected chi connectivity index (χ3v) is 4.81. The smallest absolute Gasteiger partial charge is 0.337 e. The van der Waals surface area contributed by atoms with Gasteiger partial charge in [0, 0.05) is 16.6 Å². The van der Waals surface area contributed by atoms with Crippen molar-refractivity contribution >= 4 is 39.3 Å². The van der Waals surface area contributed by atoms with Gasteiger partial charge >= 0.3 is 5.97 Å². The standard InChI is InChI=1S/C23H19NO4/c1-14-11-16(23(26)27-2)7-9-19(14)24-21(25)12-17-13-28-20-10-8-15-5-3-4-6-18(15)22(17)20/h3-11,13H,12H2,1-2H3,(H,24,25). The van der Waals surface area contributed by atoms with Crippen molar-refractivity contribution in [1.29, 1.82) is 0 Å². The lowest BCUT2D eigenvalue weighted by Crippen LogP contribution is -2.15. The number of rotatable bonds is 4. The van der Waals surface area contributed by atoms with Crippen LogP contribution in [0.15, 0.2) is 65.3 Å². The normalized spacial score (nSPS) is 10.9. The molecule has 1 N–H and O–H groups in total. The molecule has 0 radical (unpaired) electrons. The first kappa shape index (κ1) is 17.8. The Bertz CT molecular complexity index is 1210. The van der Waals surface area contributed by atoms with Crippen molar-refractivity contribution in [3.8, 4) is 0 Å². The molecule has 0 spiro atoms. The molecule has 1 aromatic heterocycles. The zero-order valence-electron chi connectivity index (χ0n) is 15.6. The third kappa shape index (κ3) is 3.22. The molecule has 0 unspecified atom stereocenters. The van der Waals surface area contributed by atoms with E-state index in [-0.39, 0.29) is 12.3 Å². The number of furan rings is 1. The fourth-order valence-electron chi connectivity index (χ4n) is 3.42. The van der Waals surface area contributed by atoms with Crippen LogP contribution in [0.25, 0.3) is 21.7 Å². The van der Waals surface area contributed by atoms with Crippen molar-refractivity contribution < 1.29 is 18.7 Å². The van der Waals surface area contributed by atoms with E-state index in [0.717, 1.165) is 32.9 Å². The molecule has 0 aliphatic heterocycles. The van der Waals surface area contributed by atoms with Crippen LogP contribution < -0.4 is 5.32 Å². The van der Waals surface area contributed by atoms with Gasteiger partial charge in [-0.2, -0.15) is 0 Å². The number of fused-ring (bicyclic) bond motifs is 3. The number of carbonyl (C=O) groups excluding carboxylic acids is 2. The highest BCUT2D eigenvalue weighted by Crippen LogP contribution is 2.30. The number of hydrogen-bond donors (Lipinski definition) is 1. The molecule has 0 saturated heterocycles. The number of aryl methyl sites for hydroxylation is 1. The second-order valence-electron chi connectivity index (χ2n) is 6.67. The van der Waals surface area contributed by atoms with E-state index < -0.39 is 5.97 Å². The largest absolute Gasteiger partial charge is 0.465 e. The van der Waals surface area contributed by atoms with Gasteiger partial charge < -0.3 is 14.5 Å². The molecule has 4 aromatic rings. The molecule has 0 aliphatic rings. The summed E-state index contributed by atoms with van der Waals surface area (Å²) in [6.07, 6.45) is 1.84. The minimum absolute atomic E-state index is 0.149. The maximum absolute atomic E-state index is 12.6. The van der Waals surface area contributed by atoms with Gasteiger partial charge in [-0.1, -0.05) is 30.3 Å². The second-order valence-corrected chi connectivity index (χ2v) is 6.67. The molecule has 28 heavy (non-hydrogen) atoms. The van der Waals surface area contributed by atoms with Crippen LogP contribution in [0.4, 0.5) is 5.69 Å². The summed E-state index contributed by atoms with van der Waals surface area (Å²) in [5.41, 5.74) is 3.51. The molecular formula is C23H19NO4. The number of carbonyl (C=O) groups is 2. The van der Waals surface area contributed by atoms with Crippen LogP contribution in [0.2, 0.25) is 0 Å². The molecule has 5 heteroatoms. The van der Waals surface area contributed by atoms with Gasteiger partial charge in [0.05, 0.1) is 25.4 Å². The monoisotopic (exact) mass is 373 g/mol. The minimum atomic E-state index is -0.405. The number of anilines is 1. The third-order valence-electron chi connectivity index (χ3n) is 4.81. The van der Waals surface area contributed by atoms with E-state index in [0.29, 0.717) is 11.3 Å². The number of esters is 1. The lowest BCUT2D eigenvalue weighted by molar-refractivity contribution is -0.115. The van der Waals surface area contributed by atoms with Crippen LogP contribution in [0, 0.1) is 6.92 Å². The molecule has 0 saturated carbocycles. The highest BCUT2D eigenvalue weighted by atomic mass is 16.5. The molecule has 3 aromatic carbocycles. The van der Waals surface area contributed by atoms with Crippen molar-refractivity contribution in [3.05, 3.63) is 77.6 Å². The molecule has 5 nitrogen and oxygen atoms in total. The Morgan fingerprint density at radius 2 is 1.89 bits per heavy atom. The average molecular weight is 373 g/mol. The van der Waals surface area contributed by atoms with Crippen LogP contribution in [0.5, 0.6) is 0 Å². The van der Waals surface area contributed by atoms with Gasteiger partial charge in [0.15, 0.2) is 0 Å². The molecule has 4 rings (SSSR count). The fourth-order valence-corrected chi connectivity index (χ4v) is 3.42. The predicted molar refractivity (Wildman–Crippen MR) is 109 cm³/mol. The van der Waals surface area contributed by atoms with E-state index >= 15 is 0 Å². The van der Waals surface area contributed by atoms with Crippen LogP contribution in [0.3, 0.4) is 0 Å². The first-order valence-corrected chi connectivity index (χ1v) is 8.93. The summed E-state index contributed by atoms with van der Waals surface area (Å²) in [4.78, 5) is 24.3. The molecule has 1 amide bonds. The molecular weight excluding hydrogens is 354 g/mol. The Balaban J connectivity index is 1.59. The van der Waals surface area contributed by atoms with Crippen molar-refractivity contribution in [2.45, 2.75) is 13.3 Å². The van der Waals surface area contributed by atoms with Crippen molar-refractivity contribution in [3.63, 3.8) is 0 Å². The van der Waals surface area contributed by atoms with Crippen LogP contribution >= 0.6 is 0 Å². The Labute approximate surface area is 161 Å². The van der Waals surface area contributed by atoms with Crippen LogP contribution in [-0.2, 0) is 16.0 Å². The van der Waals surface area contributed by atoms with E-state index in [9.17, 15) is 9.59 Å². The van der Waals surface area contributed by atoms with Crippen molar-refractivity contribution in [2.24, 2.45) is 0 Å². The van der Waals surface area contributed by atoms with Gasteiger partial charge in [0.2, 0.25) is 5.91 Å². The zero-order chi connectivity index (χ0) is 19.7. The van der Waals surface area contributed by atoms with E-state index in [1.54, 1.807) is 24.5 Å². The van der Waals surface area contributed by atoms with Gasteiger partial charge in [0.25, 0.3) is 0 Å². The summed E-state index contributed by atoms with van der Waals surface area (Å²) in [6.45, 7) is 1.84. The van der Waals surface area contributed by atoms with Gasteiger partial charge in [-0.3, -0.25) is 4.79 Å². The van der Waals surface area contributed by atoms with Crippen LogP contribution in [0.1, 0.15) is 21.5 Å². The van der Waals surface area contributed by atoms with E-state index in [4.69, 9.17) is 9.15 Å². The van der Waals surface area contributed by atoms with E-state index in [1.165, 1.54) is 7.11 Å². The molecule has 0 atom stereocenters. The topological polar surface area (TPSA) is 68.5 Å². The highest BCUT2D eigenvalue weighted by Gasteiger charge is 2.14. The summed E-state index contributed by atoms with van der Waals surface area (Å²) in [5.74, 6) is -0.553. The average Bonchev–Trinajstić information content (AvgIpc) is 3.12.